The number of carboxylic acids is 1. The summed E-state index contributed by atoms with van der Waals surface area (Å²) < 4.78 is 0. The molecule has 0 unspecified atom stereocenters. The quantitative estimate of drug-likeness (QED) is 0.784. The number of carbonyl (C=O) groups is 2. The van der Waals surface area contributed by atoms with Crippen LogP contribution in [0.2, 0.25) is 0 Å². The van der Waals surface area contributed by atoms with Gasteiger partial charge < -0.3 is 10.4 Å². The molecule has 1 aliphatic carbocycles. The molecule has 0 saturated heterocycles. The van der Waals surface area contributed by atoms with E-state index in [-0.39, 0.29) is 12.3 Å². The topological polar surface area (TPSA) is 95.1 Å². The van der Waals surface area contributed by atoms with E-state index in [2.05, 4.69) is 15.5 Å². The van der Waals surface area contributed by atoms with Gasteiger partial charge in [-0.2, -0.15) is 5.10 Å². The standard InChI is InChI=1S/C14H21N3O3/c1-9-12(10(2)17-16-9)13(20)15-14(8-11(18)19)6-4-3-5-7-14/h3-8H2,1-2H3,(H,15,20)(H,16,17)(H,18,19). The number of aryl methyl sites for hydroxylation is 2. The molecule has 1 amide bonds. The average molecular weight is 279 g/mol. The predicted octanol–water partition coefficient (Wildman–Crippen LogP) is 1.93. The van der Waals surface area contributed by atoms with Crippen molar-refractivity contribution >= 4 is 11.9 Å². The van der Waals surface area contributed by atoms with Crippen LogP contribution in [0.4, 0.5) is 0 Å². The lowest BCUT2D eigenvalue weighted by atomic mass is 9.79. The molecule has 1 aliphatic rings. The minimum Gasteiger partial charge on any atom is -0.481 e. The van der Waals surface area contributed by atoms with E-state index in [9.17, 15) is 9.59 Å². The molecule has 1 fully saturated rings. The van der Waals surface area contributed by atoms with Crippen LogP contribution in [0.25, 0.3) is 0 Å². The van der Waals surface area contributed by atoms with Gasteiger partial charge in [-0.1, -0.05) is 19.3 Å². The highest BCUT2D eigenvalue weighted by Gasteiger charge is 2.36. The molecule has 6 heteroatoms. The number of nitrogens with zero attached hydrogens (tertiary/aromatic N) is 1. The van der Waals surface area contributed by atoms with Gasteiger partial charge in [0, 0.05) is 5.69 Å². The van der Waals surface area contributed by atoms with Gasteiger partial charge in [-0.15, -0.1) is 0 Å². The molecule has 0 aromatic carbocycles. The third kappa shape index (κ3) is 3.00. The number of amides is 1. The Hall–Kier alpha value is -1.85. The Bertz CT molecular complexity index is 496. The Labute approximate surface area is 118 Å². The largest absolute Gasteiger partial charge is 0.481 e. The van der Waals surface area contributed by atoms with E-state index in [1.165, 1.54) is 0 Å². The maximum absolute atomic E-state index is 12.4. The van der Waals surface area contributed by atoms with Crippen LogP contribution >= 0.6 is 0 Å². The molecule has 1 aromatic rings. The van der Waals surface area contributed by atoms with Crippen molar-refractivity contribution in [2.24, 2.45) is 0 Å². The molecule has 0 spiro atoms. The van der Waals surface area contributed by atoms with Gasteiger partial charge >= 0.3 is 5.97 Å². The first-order chi connectivity index (χ1) is 9.43. The highest BCUT2D eigenvalue weighted by Crippen LogP contribution is 2.31. The number of carboxylic acid groups (broad SMARTS) is 1. The summed E-state index contributed by atoms with van der Waals surface area (Å²) in [4.78, 5) is 23.5. The molecule has 1 saturated carbocycles. The lowest BCUT2D eigenvalue weighted by Gasteiger charge is -2.37. The zero-order chi connectivity index (χ0) is 14.8. The molecule has 0 bridgehead atoms. The average Bonchev–Trinajstić information content (AvgIpc) is 2.68. The minimum atomic E-state index is -0.868. The molecule has 3 N–H and O–H groups in total. The Morgan fingerprint density at radius 1 is 1.30 bits per heavy atom. The summed E-state index contributed by atoms with van der Waals surface area (Å²) in [7, 11) is 0. The van der Waals surface area contributed by atoms with Crippen LogP contribution in [0.1, 0.15) is 60.3 Å². The molecular weight excluding hydrogens is 258 g/mol. The molecule has 0 radical (unpaired) electrons. The monoisotopic (exact) mass is 279 g/mol. The lowest BCUT2D eigenvalue weighted by molar-refractivity contribution is -0.139. The first-order valence-electron chi connectivity index (χ1n) is 6.99. The van der Waals surface area contributed by atoms with E-state index < -0.39 is 11.5 Å². The normalized spacial score (nSPS) is 17.7. The summed E-state index contributed by atoms with van der Waals surface area (Å²) >= 11 is 0. The Morgan fingerprint density at radius 3 is 2.45 bits per heavy atom. The second-order valence-electron chi connectivity index (χ2n) is 5.67. The van der Waals surface area contributed by atoms with Crippen molar-refractivity contribution in [1.82, 2.24) is 15.5 Å². The first kappa shape index (κ1) is 14.6. The number of nitrogens with one attached hydrogen (secondary N) is 2. The fourth-order valence-corrected chi connectivity index (χ4v) is 3.05. The third-order valence-corrected chi connectivity index (χ3v) is 4.03. The van der Waals surface area contributed by atoms with Gasteiger partial charge in [0.25, 0.3) is 5.91 Å². The van der Waals surface area contributed by atoms with Gasteiger partial charge in [-0.3, -0.25) is 14.7 Å². The molecular formula is C14H21N3O3. The second-order valence-corrected chi connectivity index (χ2v) is 5.67. The van der Waals surface area contributed by atoms with Crippen molar-refractivity contribution in [2.45, 2.75) is 57.9 Å². The molecule has 1 aromatic heterocycles. The molecule has 1 heterocycles. The molecule has 0 aliphatic heterocycles. The lowest BCUT2D eigenvalue weighted by Crippen LogP contribution is -2.51. The highest BCUT2D eigenvalue weighted by atomic mass is 16.4. The van der Waals surface area contributed by atoms with Crippen molar-refractivity contribution < 1.29 is 14.7 Å². The van der Waals surface area contributed by atoms with Gasteiger partial charge in [0.1, 0.15) is 0 Å². The Balaban J connectivity index is 2.19. The van der Waals surface area contributed by atoms with Gasteiger partial charge in [0.2, 0.25) is 0 Å². The van der Waals surface area contributed by atoms with Crippen LogP contribution < -0.4 is 5.32 Å². The van der Waals surface area contributed by atoms with Crippen LogP contribution in [-0.4, -0.2) is 32.7 Å². The van der Waals surface area contributed by atoms with Gasteiger partial charge in [0.05, 0.1) is 23.2 Å². The summed E-state index contributed by atoms with van der Waals surface area (Å²) in [5, 5.41) is 18.9. The Morgan fingerprint density at radius 2 is 1.95 bits per heavy atom. The SMILES string of the molecule is Cc1n[nH]c(C)c1C(=O)NC1(CC(=O)O)CCCCC1. The van der Waals surface area contributed by atoms with E-state index in [1.54, 1.807) is 13.8 Å². The van der Waals surface area contributed by atoms with Crippen molar-refractivity contribution in [1.29, 1.82) is 0 Å². The predicted molar refractivity (Wildman–Crippen MR) is 73.6 cm³/mol. The van der Waals surface area contributed by atoms with Crippen molar-refractivity contribution in [3.8, 4) is 0 Å². The number of hydrogen-bond donors (Lipinski definition) is 3. The first-order valence-corrected chi connectivity index (χ1v) is 6.99. The molecule has 2 rings (SSSR count). The van der Waals surface area contributed by atoms with Crippen molar-refractivity contribution in [3.63, 3.8) is 0 Å². The third-order valence-electron chi connectivity index (χ3n) is 4.03. The van der Waals surface area contributed by atoms with E-state index >= 15 is 0 Å². The molecule has 110 valence electrons. The highest BCUT2D eigenvalue weighted by molar-refractivity contribution is 5.97. The number of carbonyl (C=O) groups excluding carboxylic acids is 1. The van der Waals surface area contributed by atoms with E-state index in [0.717, 1.165) is 32.1 Å². The van der Waals surface area contributed by atoms with E-state index in [4.69, 9.17) is 5.11 Å². The summed E-state index contributed by atoms with van der Waals surface area (Å²) in [6.07, 6.45) is 4.44. The summed E-state index contributed by atoms with van der Waals surface area (Å²) in [5.74, 6) is -1.09. The van der Waals surface area contributed by atoms with Gasteiger partial charge in [0.15, 0.2) is 0 Å². The smallest absolute Gasteiger partial charge is 0.305 e. The number of aliphatic carboxylic acids is 1. The molecule has 0 atom stereocenters. The van der Waals surface area contributed by atoms with E-state index in [0.29, 0.717) is 17.0 Å². The summed E-state index contributed by atoms with van der Waals surface area (Å²) in [6.45, 7) is 3.56. The van der Waals surface area contributed by atoms with Crippen LogP contribution in [0.15, 0.2) is 0 Å². The van der Waals surface area contributed by atoms with Crippen LogP contribution in [0.5, 0.6) is 0 Å². The van der Waals surface area contributed by atoms with Crippen LogP contribution in [0, 0.1) is 13.8 Å². The van der Waals surface area contributed by atoms with Gasteiger partial charge in [-0.25, -0.2) is 0 Å². The van der Waals surface area contributed by atoms with E-state index in [1.807, 2.05) is 0 Å². The van der Waals surface area contributed by atoms with Crippen molar-refractivity contribution in [3.05, 3.63) is 17.0 Å². The maximum Gasteiger partial charge on any atom is 0.305 e. The number of hydrogen-bond acceptors (Lipinski definition) is 3. The summed E-state index contributed by atoms with van der Waals surface area (Å²) in [6, 6.07) is 0. The number of rotatable bonds is 4. The van der Waals surface area contributed by atoms with Gasteiger partial charge in [-0.05, 0) is 26.7 Å². The number of aromatic amines is 1. The van der Waals surface area contributed by atoms with Crippen molar-refractivity contribution in [2.75, 3.05) is 0 Å². The number of H-pyrrole nitrogens is 1. The Kier molecular flexibility index (Phi) is 4.11. The molecule has 20 heavy (non-hydrogen) atoms. The maximum atomic E-state index is 12.4. The minimum absolute atomic E-state index is 0.0192. The van der Waals surface area contributed by atoms with Crippen LogP contribution in [-0.2, 0) is 4.79 Å². The zero-order valence-corrected chi connectivity index (χ0v) is 12.0. The zero-order valence-electron chi connectivity index (χ0n) is 12.0. The fourth-order valence-electron chi connectivity index (χ4n) is 3.05. The fraction of sp³-hybridized carbons (Fsp3) is 0.643. The van der Waals surface area contributed by atoms with Crippen LogP contribution in [0.3, 0.4) is 0 Å². The summed E-state index contributed by atoms with van der Waals surface area (Å²) in [5.41, 5.74) is 1.26. The molecule has 6 nitrogen and oxygen atoms in total. The number of aromatic nitrogens is 2. The second kappa shape index (κ2) is 5.64.